The molecule has 3 rings (SSSR count). The molecule has 1 aromatic heterocycles. The summed E-state index contributed by atoms with van der Waals surface area (Å²) in [6, 6.07) is 7.76. The summed E-state index contributed by atoms with van der Waals surface area (Å²) >= 11 is 0. The summed E-state index contributed by atoms with van der Waals surface area (Å²) in [6.45, 7) is 2.31. The van der Waals surface area contributed by atoms with Gasteiger partial charge < -0.3 is 20.1 Å². The predicted octanol–water partition coefficient (Wildman–Crippen LogP) is 2.23. The summed E-state index contributed by atoms with van der Waals surface area (Å²) in [7, 11) is 5.29. The molecule has 0 unspecified atom stereocenters. The van der Waals surface area contributed by atoms with Gasteiger partial charge in [-0.2, -0.15) is 0 Å². The minimum atomic E-state index is 0. The van der Waals surface area contributed by atoms with Gasteiger partial charge in [0.15, 0.2) is 11.8 Å². The lowest BCUT2D eigenvalue weighted by molar-refractivity contribution is 0.0827. The van der Waals surface area contributed by atoms with Gasteiger partial charge in [0.2, 0.25) is 0 Å². The number of carbonyl (C=O) groups excluding carboxylic acids is 1. The molecule has 1 aliphatic heterocycles. The Bertz CT molecular complexity index is 863. The number of fused-ring (bicyclic) bond motifs is 1. The number of aryl methyl sites for hydroxylation is 1. The fourth-order valence-corrected chi connectivity index (χ4v) is 3.50. The highest BCUT2D eigenvalue weighted by molar-refractivity contribution is 14.0. The van der Waals surface area contributed by atoms with E-state index >= 15 is 0 Å². The molecule has 30 heavy (non-hydrogen) atoms. The number of aliphatic imine (C=N–C) groups is 1. The van der Waals surface area contributed by atoms with Gasteiger partial charge in [-0.25, -0.2) is 0 Å². The third-order valence-electron chi connectivity index (χ3n) is 5.11. The first-order valence-electron chi connectivity index (χ1n) is 10.2. The Hall–Kier alpha value is -2.17. The topological polar surface area (TPSA) is 87.4 Å². The van der Waals surface area contributed by atoms with Crippen LogP contribution in [0.4, 0.5) is 0 Å². The molecule has 0 aliphatic carbocycles. The van der Waals surface area contributed by atoms with Crippen LogP contribution < -0.4 is 10.6 Å². The van der Waals surface area contributed by atoms with Crippen molar-refractivity contribution in [3.05, 3.63) is 47.0 Å². The normalized spacial score (nSPS) is 13.6. The van der Waals surface area contributed by atoms with Crippen LogP contribution in [0.25, 0.3) is 0 Å². The Morgan fingerprint density at radius 3 is 2.80 bits per heavy atom. The summed E-state index contributed by atoms with van der Waals surface area (Å²) in [4.78, 5) is 18.0. The summed E-state index contributed by atoms with van der Waals surface area (Å²) in [5.74, 6) is 2.80. The monoisotopic (exact) mass is 525 g/mol. The molecule has 0 bridgehead atoms. The maximum Gasteiger partial charge on any atom is 0.253 e. The van der Waals surface area contributed by atoms with Crippen LogP contribution in [0.5, 0.6) is 0 Å². The van der Waals surface area contributed by atoms with Gasteiger partial charge in [0.1, 0.15) is 5.82 Å². The lowest BCUT2D eigenvalue weighted by Gasteiger charge is -2.13. The summed E-state index contributed by atoms with van der Waals surface area (Å²) < 4.78 is 2.24. The third-order valence-corrected chi connectivity index (χ3v) is 5.11. The van der Waals surface area contributed by atoms with Crippen molar-refractivity contribution >= 4 is 35.8 Å². The first kappa shape index (κ1) is 24.1. The molecule has 0 radical (unpaired) electrons. The molecule has 2 heterocycles. The zero-order valence-electron chi connectivity index (χ0n) is 18.0. The second-order valence-corrected chi connectivity index (χ2v) is 7.50. The van der Waals surface area contributed by atoms with Gasteiger partial charge in [-0.1, -0.05) is 18.6 Å². The third kappa shape index (κ3) is 6.41. The fraction of sp³-hybridized carbons (Fsp3) is 0.524. The predicted molar refractivity (Wildman–Crippen MR) is 129 cm³/mol. The fourth-order valence-electron chi connectivity index (χ4n) is 3.50. The Labute approximate surface area is 195 Å². The number of aromatic nitrogens is 3. The zero-order valence-corrected chi connectivity index (χ0v) is 20.3. The highest BCUT2D eigenvalue weighted by Crippen LogP contribution is 2.14. The number of hydrogen-bond donors (Lipinski definition) is 2. The number of nitrogens with zero attached hydrogens (tertiary/aromatic N) is 5. The molecular weight excluding hydrogens is 493 g/mol. The maximum atomic E-state index is 12.1. The van der Waals surface area contributed by atoms with Gasteiger partial charge in [0.25, 0.3) is 5.91 Å². The van der Waals surface area contributed by atoms with Gasteiger partial charge >= 0.3 is 0 Å². The van der Waals surface area contributed by atoms with Crippen LogP contribution >= 0.6 is 24.0 Å². The number of carbonyl (C=O) groups is 1. The number of rotatable bonds is 6. The van der Waals surface area contributed by atoms with Crippen molar-refractivity contribution in [2.75, 3.05) is 27.7 Å². The number of amides is 1. The van der Waals surface area contributed by atoms with Crippen LogP contribution in [0.1, 0.15) is 46.8 Å². The molecule has 0 spiro atoms. The largest absolute Gasteiger partial charge is 0.356 e. The van der Waals surface area contributed by atoms with Gasteiger partial charge in [-0.3, -0.25) is 9.79 Å². The molecule has 2 N–H and O–H groups in total. The lowest BCUT2D eigenvalue weighted by Crippen LogP contribution is -2.38. The highest BCUT2D eigenvalue weighted by atomic mass is 127. The van der Waals surface area contributed by atoms with E-state index in [1.54, 1.807) is 26.0 Å². The van der Waals surface area contributed by atoms with Crippen LogP contribution in [0.3, 0.4) is 0 Å². The van der Waals surface area contributed by atoms with Crippen molar-refractivity contribution in [1.29, 1.82) is 0 Å². The second-order valence-electron chi connectivity index (χ2n) is 7.50. The molecule has 0 fully saturated rings. The van der Waals surface area contributed by atoms with Crippen molar-refractivity contribution in [2.24, 2.45) is 4.99 Å². The van der Waals surface area contributed by atoms with E-state index in [1.807, 2.05) is 24.3 Å². The van der Waals surface area contributed by atoms with E-state index in [0.717, 1.165) is 49.1 Å². The molecular formula is C21H32IN7O. The smallest absolute Gasteiger partial charge is 0.253 e. The highest BCUT2D eigenvalue weighted by Gasteiger charge is 2.14. The number of nitrogens with one attached hydrogen (secondary N) is 2. The minimum absolute atomic E-state index is 0. The molecule has 164 valence electrons. The van der Waals surface area contributed by atoms with Gasteiger partial charge in [0.05, 0.1) is 6.54 Å². The van der Waals surface area contributed by atoms with Crippen LogP contribution in [0.15, 0.2) is 29.3 Å². The maximum absolute atomic E-state index is 12.1. The summed E-state index contributed by atoms with van der Waals surface area (Å²) in [5.41, 5.74) is 1.82. The number of benzene rings is 1. The Morgan fingerprint density at radius 1 is 1.20 bits per heavy atom. The first-order valence-corrected chi connectivity index (χ1v) is 10.2. The Balaban J connectivity index is 0.00000320. The Kier molecular flexibility index (Phi) is 9.54. The van der Waals surface area contributed by atoms with Crippen molar-refractivity contribution in [2.45, 2.75) is 45.2 Å². The van der Waals surface area contributed by atoms with Crippen LogP contribution in [-0.2, 0) is 25.9 Å². The van der Waals surface area contributed by atoms with E-state index in [1.165, 1.54) is 19.3 Å². The van der Waals surface area contributed by atoms with Gasteiger partial charge in [-0.05, 0) is 37.0 Å². The SMILES string of the molecule is CN=C(NCCc1cccc(C(=O)N(C)C)c1)NCc1nnc2n1CCCCC2.I. The summed E-state index contributed by atoms with van der Waals surface area (Å²) in [6.07, 6.45) is 5.43. The molecule has 0 saturated heterocycles. The quantitative estimate of drug-likeness (QED) is 0.343. The van der Waals surface area contributed by atoms with E-state index in [0.29, 0.717) is 12.1 Å². The molecule has 0 atom stereocenters. The van der Waals surface area contributed by atoms with Gasteiger partial charge in [-0.15, -0.1) is 34.2 Å². The first-order chi connectivity index (χ1) is 14.1. The zero-order chi connectivity index (χ0) is 20.6. The van der Waals surface area contributed by atoms with E-state index < -0.39 is 0 Å². The molecule has 0 saturated carbocycles. The molecule has 1 amide bonds. The van der Waals surface area contributed by atoms with Crippen LogP contribution in [0.2, 0.25) is 0 Å². The van der Waals surface area contributed by atoms with Crippen molar-refractivity contribution < 1.29 is 4.79 Å². The number of guanidine groups is 1. The molecule has 8 nitrogen and oxygen atoms in total. The molecule has 9 heteroatoms. The average Bonchev–Trinajstić information content (AvgIpc) is 2.96. The molecule has 1 aliphatic rings. The van der Waals surface area contributed by atoms with Crippen LogP contribution in [-0.4, -0.2) is 59.2 Å². The average molecular weight is 525 g/mol. The van der Waals surface area contributed by atoms with E-state index in [-0.39, 0.29) is 29.9 Å². The molecule has 1 aromatic carbocycles. The lowest BCUT2D eigenvalue weighted by atomic mass is 10.1. The summed E-state index contributed by atoms with van der Waals surface area (Å²) in [5, 5.41) is 15.3. The number of halogens is 1. The second kappa shape index (κ2) is 11.9. The van der Waals surface area contributed by atoms with E-state index in [2.05, 4.69) is 30.4 Å². The standard InChI is InChI=1S/C21H31N7O.HI/c1-22-21(24-15-19-26-25-18-10-5-4-6-13-28(18)19)23-12-11-16-8-7-9-17(14-16)20(29)27(2)3;/h7-9,14H,4-6,10-13,15H2,1-3H3,(H2,22,23,24);1H. The number of hydrogen-bond acceptors (Lipinski definition) is 4. The minimum Gasteiger partial charge on any atom is -0.356 e. The van der Waals surface area contributed by atoms with Crippen molar-refractivity contribution in [1.82, 2.24) is 30.3 Å². The van der Waals surface area contributed by atoms with Crippen LogP contribution in [0, 0.1) is 0 Å². The van der Waals surface area contributed by atoms with E-state index in [9.17, 15) is 4.79 Å². The van der Waals surface area contributed by atoms with E-state index in [4.69, 9.17) is 0 Å². The van der Waals surface area contributed by atoms with Crippen molar-refractivity contribution in [3.8, 4) is 0 Å². The van der Waals surface area contributed by atoms with Crippen molar-refractivity contribution in [3.63, 3.8) is 0 Å². The Morgan fingerprint density at radius 2 is 2.03 bits per heavy atom. The molecule has 2 aromatic rings. The van der Waals surface area contributed by atoms with Gasteiger partial charge in [0, 0.05) is 46.2 Å².